The van der Waals surface area contributed by atoms with E-state index in [-0.39, 0.29) is 17.7 Å². The van der Waals surface area contributed by atoms with Gasteiger partial charge in [-0.1, -0.05) is 36.4 Å². The van der Waals surface area contributed by atoms with Crippen LogP contribution >= 0.6 is 0 Å². The average Bonchev–Trinajstić information content (AvgIpc) is 3.67. The molecule has 0 aromatic heterocycles. The summed E-state index contributed by atoms with van der Waals surface area (Å²) in [5, 5.41) is 3.08. The second kappa shape index (κ2) is 10.4. The molecule has 1 aliphatic carbocycles. The molecular formula is C30H33F2N3O. The van der Waals surface area contributed by atoms with Crippen LogP contribution in [0.2, 0.25) is 0 Å². The van der Waals surface area contributed by atoms with Crippen molar-refractivity contribution in [2.75, 3.05) is 31.9 Å². The smallest absolute Gasteiger partial charge is 0.224 e. The third-order valence-electron chi connectivity index (χ3n) is 7.65. The van der Waals surface area contributed by atoms with Crippen LogP contribution in [0.1, 0.15) is 36.8 Å². The molecule has 1 aliphatic heterocycles. The van der Waals surface area contributed by atoms with Gasteiger partial charge < -0.3 is 16.0 Å². The van der Waals surface area contributed by atoms with Gasteiger partial charge in [-0.05, 0) is 91.2 Å². The summed E-state index contributed by atoms with van der Waals surface area (Å²) in [6.07, 6.45) is 4.53. The summed E-state index contributed by atoms with van der Waals surface area (Å²) in [6.45, 7) is 3.66. The molecule has 36 heavy (non-hydrogen) atoms. The van der Waals surface area contributed by atoms with E-state index in [0.29, 0.717) is 12.1 Å². The number of hydrogen-bond donors (Lipinski definition) is 2. The van der Waals surface area contributed by atoms with Crippen molar-refractivity contribution >= 4 is 11.6 Å². The van der Waals surface area contributed by atoms with E-state index in [1.807, 2.05) is 24.3 Å². The predicted molar refractivity (Wildman–Crippen MR) is 139 cm³/mol. The Morgan fingerprint density at radius 1 is 0.944 bits per heavy atom. The molecule has 1 amide bonds. The van der Waals surface area contributed by atoms with Gasteiger partial charge in [-0.2, -0.15) is 0 Å². The molecule has 5 rings (SSSR count). The maximum atomic E-state index is 13.6. The second-order valence-electron chi connectivity index (χ2n) is 10.5. The molecule has 2 fully saturated rings. The molecule has 4 nitrogen and oxygen atoms in total. The zero-order valence-corrected chi connectivity index (χ0v) is 20.5. The Kier molecular flexibility index (Phi) is 7.06. The standard InChI is InChI=1S/C30H33F2N3O/c31-26-14-22(15-27(32)18-26)16-29(36)34-20-30(10-12-35(13-11-30)19-21-4-5-21)25-8-6-23(7-9-25)24-2-1-3-28(33)17-24/h1-3,6-9,14-15,17-18,21H,4-5,10-13,16,19-20,33H2,(H,34,36). The van der Waals surface area contributed by atoms with Crippen LogP contribution in [0.3, 0.4) is 0 Å². The lowest BCUT2D eigenvalue weighted by Crippen LogP contribution is -2.49. The number of nitrogens with one attached hydrogen (secondary N) is 1. The van der Waals surface area contributed by atoms with Crippen LogP contribution in [0.5, 0.6) is 0 Å². The van der Waals surface area contributed by atoms with E-state index >= 15 is 0 Å². The van der Waals surface area contributed by atoms with Crippen LogP contribution in [0, 0.1) is 17.6 Å². The molecule has 3 aromatic rings. The largest absolute Gasteiger partial charge is 0.399 e. The molecule has 3 N–H and O–H groups in total. The van der Waals surface area contributed by atoms with Crippen molar-refractivity contribution in [3.63, 3.8) is 0 Å². The highest BCUT2D eigenvalue weighted by Gasteiger charge is 2.38. The van der Waals surface area contributed by atoms with Crippen molar-refractivity contribution in [2.24, 2.45) is 5.92 Å². The zero-order valence-electron chi connectivity index (χ0n) is 20.5. The summed E-state index contributed by atoms with van der Waals surface area (Å²) >= 11 is 0. The minimum atomic E-state index is -0.669. The lowest BCUT2D eigenvalue weighted by molar-refractivity contribution is -0.120. The highest BCUT2D eigenvalue weighted by atomic mass is 19.1. The molecule has 0 spiro atoms. The normalized spacial score (nSPS) is 17.6. The van der Waals surface area contributed by atoms with E-state index in [1.54, 1.807) is 0 Å². The van der Waals surface area contributed by atoms with Gasteiger partial charge in [0, 0.05) is 30.3 Å². The number of amides is 1. The maximum absolute atomic E-state index is 13.6. The molecule has 6 heteroatoms. The molecule has 3 aromatic carbocycles. The Bertz CT molecular complexity index is 1190. The Morgan fingerprint density at radius 3 is 2.28 bits per heavy atom. The number of benzene rings is 3. The van der Waals surface area contributed by atoms with Crippen LogP contribution in [-0.4, -0.2) is 37.0 Å². The molecule has 0 atom stereocenters. The van der Waals surface area contributed by atoms with Crippen molar-refractivity contribution in [1.82, 2.24) is 10.2 Å². The third kappa shape index (κ3) is 5.93. The fourth-order valence-electron chi connectivity index (χ4n) is 5.36. The number of nitrogens with two attached hydrogens (primary N) is 1. The van der Waals surface area contributed by atoms with Gasteiger partial charge in [0.05, 0.1) is 6.42 Å². The number of carbonyl (C=O) groups is 1. The van der Waals surface area contributed by atoms with E-state index in [2.05, 4.69) is 34.5 Å². The van der Waals surface area contributed by atoms with Crippen molar-refractivity contribution in [2.45, 2.75) is 37.5 Å². The first-order valence-corrected chi connectivity index (χ1v) is 12.8. The van der Waals surface area contributed by atoms with Crippen LogP contribution < -0.4 is 11.1 Å². The summed E-state index contributed by atoms with van der Waals surface area (Å²) in [5.74, 6) is -0.715. The molecular weight excluding hydrogens is 456 g/mol. The lowest BCUT2D eigenvalue weighted by atomic mass is 9.72. The van der Waals surface area contributed by atoms with Crippen molar-refractivity contribution in [3.8, 4) is 11.1 Å². The van der Waals surface area contributed by atoms with Crippen molar-refractivity contribution in [3.05, 3.63) is 89.5 Å². The minimum Gasteiger partial charge on any atom is -0.399 e. The summed E-state index contributed by atoms with van der Waals surface area (Å²) in [6, 6.07) is 19.7. The summed E-state index contributed by atoms with van der Waals surface area (Å²) < 4.78 is 27.1. The summed E-state index contributed by atoms with van der Waals surface area (Å²) in [4.78, 5) is 15.3. The number of rotatable bonds is 8. The molecule has 188 valence electrons. The topological polar surface area (TPSA) is 58.4 Å². The van der Waals surface area contributed by atoms with Crippen LogP contribution in [0.15, 0.2) is 66.7 Å². The van der Waals surface area contributed by atoms with Gasteiger partial charge in [0.25, 0.3) is 0 Å². The first kappa shape index (κ1) is 24.4. The molecule has 0 unspecified atom stereocenters. The van der Waals surface area contributed by atoms with E-state index < -0.39 is 11.6 Å². The fourth-order valence-corrected chi connectivity index (χ4v) is 5.36. The molecule has 1 saturated carbocycles. The van der Waals surface area contributed by atoms with E-state index in [1.165, 1.54) is 37.1 Å². The lowest BCUT2D eigenvalue weighted by Gasteiger charge is -2.42. The maximum Gasteiger partial charge on any atom is 0.224 e. The number of nitrogens with zero attached hydrogens (tertiary/aromatic N) is 1. The number of carbonyl (C=O) groups excluding carboxylic acids is 1. The molecule has 1 heterocycles. The number of hydrogen-bond acceptors (Lipinski definition) is 3. The van der Waals surface area contributed by atoms with Gasteiger partial charge in [0.15, 0.2) is 0 Å². The van der Waals surface area contributed by atoms with E-state index in [4.69, 9.17) is 5.73 Å². The monoisotopic (exact) mass is 489 g/mol. The molecule has 0 bridgehead atoms. The zero-order chi connectivity index (χ0) is 25.1. The van der Waals surface area contributed by atoms with Gasteiger partial charge >= 0.3 is 0 Å². The number of piperidine rings is 1. The quantitative estimate of drug-likeness (QED) is 0.421. The minimum absolute atomic E-state index is 0.0487. The Balaban J connectivity index is 1.32. The Hall–Kier alpha value is -3.25. The number of halogens is 2. The second-order valence-corrected chi connectivity index (χ2v) is 10.5. The van der Waals surface area contributed by atoms with Gasteiger partial charge in [-0.3, -0.25) is 4.79 Å². The molecule has 2 aliphatic rings. The summed E-state index contributed by atoms with van der Waals surface area (Å²) in [7, 11) is 0. The first-order chi connectivity index (χ1) is 17.4. The van der Waals surface area contributed by atoms with E-state index in [0.717, 1.165) is 54.7 Å². The number of nitrogen functional groups attached to an aromatic ring is 1. The highest BCUT2D eigenvalue weighted by Crippen LogP contribution is 2.38. The molecule has 1 saturated heterocycles. The highest BCUT2D eigenvalue weighted by molar-refractivity contribution is 5.78. The van der Waals surface area contributed by atoms with Gasteiger partial charge in [-0.25, -0.2) is 8.78 Å². The van der Waals surface area contributed by atoms with Gasteiger partial charge in [0.2, 0.25) is 5.91 Å². The van der Waals surface area contributed by atoms with Crippen LogP contribution in [0.25, 0.3) is 11.1 Å². The van der Waals surface area contributed by atoms with Crippen LogP contribution in [-0.2, 0) is 16.6 Å². The Labute approximate surface area is 211 Å². The summed E-state index contributed by atoms with van der Waals surface area (Å²) in [5.41, 5.74) is 10.2. The van der Waals surface area contributed by atoms with Crippen molar-refractivity contribution < 1.29 is 13.6 Å². The van der Waals surface area contributed by atoms with Gasteiger partial charge in [-0.15, -0.1) is 0 Å². The first-order valence-electron chi connectivity index (χ1n) is 12.8. The van der Waals surface area contributed by atoms with Gasteiger partial charge in [0.1, 0.15) is 11.6 Å². The van der Waals surface area contributed by atoms with Crippen LogP contribution in [0.4, 0.5) is 14.5 Å². The van der Waals surface area contributed by atoms with E-state index in [9.17, 15) is 13.6 Å². The van der Waals surface area contributed by atoms with Crippen molar-refractivity contribution in [1.29, 1.82) is 0 Å². The average molecular weight is 490 g/mol. The number of likely N-dealkylation sites (tertiary alicyclic amines) is 1. The molecule has 0 radical (unpaired) electrons. The SMILES string of the molecule is Nc1cccc(-c2ccc(C3(CNC(=O)Cc4cc(F)cc(F)c4)CCN(CC4CC4)CC3)cc2)c1. The Morgan fingerprint density at radius 2 is 1.64 bits per heavy atom. The number of anilines is 1. The fraction of sp³-hybridized carbons (Fsp3) is 0.367. The predicted octanol–water partition coefficient (Wildman–Crippen LogP) is 5.32. The third-order valence-corrected chi connectivity index (χ3v) is 7.65.